The highest BCUT2D eigenvalue weighted by Crippen LogP contribution is 2.38. The third kappa shape index (κ3) is 3.84. The number of ether oxygens (including phenoxy) is 1. The van der Waals surface area contributed by atoms with Crippen LogP contribution in [-0.2, 0) is 10.0 Å². The average molecular weight is 391 g/mol. The highest BCUT2D eigenvalue weighted by molar-refractivity contribution is 7.89. The van der Waals surface area contributed by atoms with Gasteiger partial charge in [-0.1, -0.05) is 0 Å². The van der Waals surface area contributed by atoms with Gasteiger partial charge in [-0.15, -0.1) is 5.10 Å². The zero-order valence-electron chi connectivity index (χ0n) is 15.7. The average Bonchev–Trinajstić information content (AvgIpc) is 3.45. The lowest BCUT2D eigenvalue weighted by Crippen LogP contribution is -2.40. The highest BCUT2D eigenvalue weighted by atomic mass is 32.2. The topological polar surface area (TPSA) is 101 Å². The third-order valence-corrected chi connectivity index (χ3v) is 7.52. The van der Waals surface area contributed by atoms with E-state index in [4.69, 9.17) is 4.74 Å². The molecule has 0 aromatic carbocycles. The molecule has 9 heteroatoms. The summed E-state index contributed by atoms with van der Waals surface area (Å²) in [7, 11) is -3.50. The second-order valence-electron chi connectivity index (χ2n) is 7.49. The van der Waals surface area contributed by atoms with Crippen molar-refractivity contribution in [3.63, 3.8) is 0 Å². The van der Waals surface area contributed by atoms with E-state index in [1.165, 1.54) is 12.8 Å². The molecule has 2 aromatic rings. The fourth-order valence-corrected chi connectivity index (χ4v) is 5.37. The molecule has 1 saturated heterocycles. The number of nitrogens with one attached hydrogen (secondary N) is 1. The van der Waals surface area contributed by atoms with Crippen molar-refractivity contribution in [3.8, 4) is 5.88 Å². The van der Waals surface area contributed by atoms with Crippen molar-refractivity contribution in [1.82, 2.24) is 24.7 Å². The maximum atomic E-state index is 12.9. The van der Waals surface area contributed by atoms with E-state index in [9.17, 15) is 8.42 Å². The Morgan fingerprint density at radius 1 is 1.15 bits per heavy atom. The lowest BCUT2D eigenvalue weighted by Gasteiger charge is -2.31. The first kappa shape index (κ1) is 18.4. The van der Waals surface area contributed by atoms with Gasteiger partial charge in [0.05, 0.1) is 23.7 Å². The molecule has 0 spiro atoms. The molecule has 4 rings (SSSR count). The summed E-state index contributed by atoms with van der Waals surface area (Å²) in [4.78, 5) is 0.309. The molecule has 0 atom stereocenters. The van der Waals surface area contributed by atoms with Crippen molar-refractivity contribution in [2.45, 2.75) is 50.3 Å². The van der Waals surface area contributed by atoms with Crippen LogP contribution in [0.5, 0.6) is 5.88 Å². The fourth-order valence-electron chi connectivity index (χ4n) is 3.57. The summed E-state index contributed by atoms with van der Waals surface area (Å²) in [5, 5.41) is 15.1. The smallest absolute Gasteiger partial charge is 0.246 e. The number of hydrogen-bond donors (Lipinski definition) is 1. The molecule has 1 saturated carbocycles. The second-order valence-corrected chi connectivity index (χ2v) is 9.37. The number of nitrogens with zero attached hydrogens (tertiary/aromatic N) is 4. The molecule has 0 radical (unpaired) electrons. The van der Waals surface area contributed by atoms with Crippen molar-refractivity contribution in [3.05, 3.63) is 29.2 Å². The van der Waals surface area contributed by atoms with Crippen LogP contribution in [0, 0.1) is 19.8 Å². The number of hydrogen-bond acceptors (Lipinski definition) is 6. The van der Waals surface area contributed by atoms with Crippen LogP contribution in [0.1, 0.15) is 48.7 Å². The van der Waals surface area contributed by atoms with Gasteiger partial charge >= 0.3 is 0 Å². The molecular formula is C18H25N5O3S. The Morgan fingerprint density at radius 2 is 1.89 bits per heavy atom. The second kappa shape index (κ2) is 7.20. The van der Waals surface area contributed by atoms with Crippen molar-refractivity contribution < 1.29 is 13.2 Å². The molecule has 0 bridgehead atoms. The van der Waals surface area contributed by atoms with E-state index in [2.05, 4.69) is 20.4 Å². The predicted octanol–water partition coefficient (Wildman–Crippen LogP) is 2.17. The highest BCUT2D eigenvalue weighted by Gasteiger charge is 2.33. The van der Waals surface area contributed by atoms with E-state index in [0.717, 1.165) is 18.5 Å². The summed E-state index contributed by atoms with van der Waals surface area (Å²) >= 11 is 0. The molecule has 8 nitrogen and oxygen atoms in total. The summed E-state index contributed by atoms with van der Waals surface area (Å²) in [6.45, 7) is 4.98. The van der Waals surface area contributed by atoms with Crippen molar-refractivity contribution >= 4 is 10.0 Å². The zero-order valence-corrected chi connectivity index (χ0v) is 16.5. The van der Waals surface area contributed by atoms with Gasteiger partial charge in [0, 0.05) is 25.1 Å². The Hall–Kier alpha value is -2.00. The molecule has 27 heavy (non-hydrogen) atoms. The Kier molecular flexibility index (Phi) is 4.90. The number of aryl methyl sites for hydroxylation is 2. The van der Waals surface area contributed by atoms with Crippen LogP contribution in [0.4, 0.5) is 0 Å². The minimum Gasteiger partial charge on any atom is -0.476 e. The van der Waals surface area contributed by atoms with Gasteiger partial charge in [-0.3, -0.25) is 5.10 Å². The van der Waals surface area contributed by atoms with E-state index in [1.807, 2.05) is 12.1 Å². The molecule has 0 amide bonds. The van der Waals surface area contributed by atoms with E-state index in [-0.39, 0.29) is 0 Å². The first-order valence-electron chi connectivity index (χ1n) is 9.43. The number of rotatable bonds is 6. The Morgan fingerprint density at radius 3 is 2.44 bits per heavy atom. The van der Waals surface area contributed by atoms with Crippen LogP contribution in [0.15, 0.2) is 17.0 Å². The molecule has 1 aliphatic heterocycles. The maximum Gasteiger partial charge on any atom is 0.246 e. The largest absolute Gasteiger partial charge is 0.476 e. The molecule has 2 fully saturated rings. The van der Waals surface area contributed by atoms with Crippen molar-refractivity contribution in [2.75, 3.05) is 19.7 Å². The minimum absolute atomic E-state index is 0.309. The normalized spacial score (nSPS) is 19.3. The van der Waals surface area contributed by atoms with Gasteiger partial charge < -0.3 is 4.74 Å². The Balaban J connectivity index is 1.31. The molecule has 1 N–H and O–H groups in total. The van der Waals surface area contributed by atoms with Crippen LogP contribution < -0.4 is 4.74 Å². The number of aromatic amines is 1. The summed E-state index contributed by atoms with van der Waals surface area (Å²) < 4.78 is 33.1. The van der Waals surface area contributed by atoms with Crippen molar-refractivity contribution in [1.29, 1.82) is 0 Å². The van der Waals surface area contributed by atoms with Gasteiger partial charge in [-0.25, -0.2) is 8.42 Å². The molecule has 2 aliphatic rings. The van der Waals surface area contributed by atoms with E-state index >= 15 is 0 Å². The molecular weight excluding hydrogens is 366 g/mol. The van der Waals surface area contributed by atoms with Gasteiger partial charge in [0.25, 0.3) is 0 Å². The van der Waals surface area contributed by atoms with Gasteiger partial charge in [0.2, 0.25) is 15.9 Å². The quantitative estimate of drug-likeness (QED) is 0.810. The van der Waals surface area contributed by atoms with Crippen LogP contribution >= 0.6 is 0 Å². The van der Waals surface area contributed by atoms with E-state index < -0.39 is 10.0 Å². The van der Waals surface area contributed by atoms with Crippen LogP contribution in [0.25, 0.3) is 0 Å². The molecule has 0 unspecified atom stereocenters. The Bertz CT molecular complexity index is 878. The third-order valence-electron chi connectivity index (χ3n) is 5.36. The number of sulfonamides is 1. The lowest BCUT2D eigenvalue weighted by molar-refractivity contribution is 0.179. The fraction of sp³-hybridized carbons (Fsp3) is 0.611. The number of aromatic nitrogens is 4. The van der Waals surface area contributed by atoms with Gasteiger partial charge in [-0.2, -0.15) is 14.5 Å². The summed E-state index contributed by atoms with van der Waals surface area (Å²) in [5.41, 5.74) is 2.16. The van der Waals surface area contributed by atoms with Crippen LogP contribution in [0.3, 0.4) is 0 Å². The summed E-state index contributed by atoms with van der Waals surface area (Å²) in [6, 6.07) is 3.87. The van der Waals surface area contributed by atoms with Gasteiger partial charge in [0.1, 0.15) is 4.90 Å². The van der Waals surface area contributed by atoms with E-state index in [1.54, 1.807) is 18.2 Å². The molecule has 146 valence electrons. The number of H-pyrrole nitrogens is 1. The first-order valence-corrected chi connectivity index (χ1v) is 10.9. The predicted molar refractivity (Wildman–Crippen MR) is 99.0 cm³/mol. The van der Waals surface area contributed by atoms with E-state index in [0.29, 0.717) is 53.7 Å². The van der Waals surface area contributed by atoms with Gasteiger partial charge in [0.15, 0.2) is 0 Å². The SMILES string of the molecule is Cc1n[nH]c(C)c1S(=O)(=O)N1CCC(COc2ccc(C3CC3)nn2)CC1. The summed E-state index contributed by atoms with van der Waals surface area (Å²) in [6.07, 6.45) is 3.94. The van der Waals surface area contributed by atoms with Gasteiger partial charge in [-0.05, 0) is 51.5 Å². The minimum atomic E-state index is -3.50. The molecule has 2 aromatic heterocycles. The first-order chi connectivity index (χ1) is 12.9. The zero-order chi connectivity index (χ0) is 19.0. The monoisotopic (exact) mass is 391 g/mol. The van der Waals surface area contributed by atoms with Crippen LogP contribution in [0.2, 0.25) is 0 Å². The van der Waals surface area contributed by atoms with Crippen molar-refractivity contribution in [2.24, 2.45) is 5.92 Å². The maximum absolute atomic E-state index is 12.9. The Labute approximate surface area is 159 Å². The number of piperidine rings is 1. The standard InChI is InChI=1S/C18H25N5O3S/c1-12-18(13(2)20-19-12)27(24,25)23-9-7-14(8-10-23)11-26-17-6-5-16(21-22-17)15-3-4-15/h5-6,14-15H,3-4,7-11H2,1-2H3,(H,19,20). The molecule has 3 heterocycles. The van der Waals surface area contributed by atoms with Crippen LogP contribution in [-0.4, -0.2) is 52.8 Å². The lowest BCUT2D eigenvalue weighted by atomic mass is 9.99. The summed E-state index contributed by atoms with van der Waals surface area (Å²) in [5.74, 6) is 1.44. The molecule has 1 aliphatic carbocycles.